The quantitative estimate of drug-likeness (QED) is 0.806. The Morgan fingerprint density at radius 2 is 2.20 bits per heavy atom. The van der Waals surface area contributed by atoms with Gasteiger partial charge in [0, 0.05) is 10.7 Å². The minimum absolute atomic E-state index is 0.324. The highest BCUT2D eigenvalue weighted by atomic mass is 79.9. The molecule has 5 heteroatoms. The second kappa shape index (κ2) is 6.31. The number of methoxy groups -OCH3 is 1. The molecule has 0 aliphatic rings. The minimum Gasteiger partial charge on any atom is -0.496 e. The van der Waals surface area contributed by atoms with Crippen LogP contribution < -0.4 is 4.74 Å². The van der Waals surface area contributed by atoms with Crippen LogP contribution in [0.2, 0.25) is 0 Å². The van der Waals surface area contributed by atoms with Crippen molar-refractivity contribution in [1.82, 2.24) is 4.98 Å². The Bertz CT molecular complexity index is 665. The molecule has 0 spiro atoms. The van der Waals surface area contributed by atoms with Gasteiger partial charge in [-0.25, -0.2) is 0 Å². The lowest BCUT2D eigenvalue weighted by Gasteiger charge is -2.11. The number of ketones is 1. The summed E-state index contributed by atoms with van der Waals surface area (Å²) in [6, 6.07) is 12.2. The molecule has 4 nitrogen and oxygen atoms in total. The molecule has 1 atom stereocenters. The maximum Gasteiger partial charge on any atom is 0.189 e. The van der Waals surface area contributed by atoms with Crippen molar-refractivity contribution in [2.45, 2.75) is 5.92 Å². The Hall–Kier alpha value is -2.19. The molecule has 20 heavy (non-hydrogen) atoms. The summed E-state index contributed by atoms with van der Waals surface area (Å²) in [5.74, 6) is -0.831. The van der Waals surface area contributed by atoms with Crippen molar-refractivity contribution in [1.29, 1.82) is 5.26 Å². The van der Waals surface area contributed by atoms with Gasteiger partial charge in [-0.15, -0.1) is 0 Å². The molecule has 2 rings (SSSR count). The van der Waals surface area contributed by atoms with Crippen LogP contribution in [0.15, 0.2) is 47.1 Å². The molecule has 100 valence electrons. The molecule has 1 unspecified atom stereocenters. The van der Waals surface area contributed by atoms with Gasteiger partial charge in [-0.1, -0.05) is 22.0 Å². The average Bonchev–Trinajstić information content (AvgIpc) is 2.48. The van der Waals surface area contributed by atoms with Gasteiger partial charge in [0.2, 0.25) is 0 Å². The monoisotopic (exact) mass is 330 g/mol. The number of hydrogen-bond acceptors (Lipinski definition) is 4. The van der Waals surface area contributed by atoms with Crippen LogP contribution in [0, 0.1) is 11.3 Å². The number of carbonyl (C=O) groups excluding carboxylic acids is 1. The SMILES string of the molecule is COc1cc(Br)ccc1C(=O)C(C#N)c1ccccn1. The molecule has 2 aromatic rings. The number of nitrogens with zero attached hydrogens (tertiary/aromatic N) is 2. The minimum atomic E-state index is -0.939. The molecular formula is C15H11BrN2O2. The molecule has 1 aromatic carbocycles. The molecule has 0 aliphatic heterocycles. The van der Waals surface area contributed by atoms with Crippen LogP contribution in [0.3, 0.4) is 0 Å². The third-order valence-electron chi connectivity index (χ3n) is 2.80. The van der Waals surface area contributed by atoms with Crippen molar-refractivity contribution in [3.05, 3.63) is 58.3 Å². The first-order valence-electron chi connectivity index (χ1n) is 5.85. The molecule has 0 fully saturated rings. The lowest BCUT2D eigenvalue weighted by molar-refractivity contribution is 0.0974. The van der Waals surface area contributed by atoms with Gasteiger partial charge >= 0.3 is 0 Å². The van der Waals surface area contributed by atoms with E-state index >= 15 is 0 Å². The van der Waals surface area contributed by atoms with E-state index in [0.29, 0.717) is 17.0 Å². The fraction of sp³-hybridized carbons (Fsp3) is 0.133. The number of pyridine rings is 1. The topological polar surface area (TPSA) is 63.0 Å². The predicted octanol–water partition coefficient (Wildman–Crippen LogP) is 3.34. The Morgan fingerprint density at radius 3 is 2.80 bits per heavy atom. The molecule has 0 bridgehead atoms. The largest absolute Gasteiger partial charge is 0.496 e. The summed E-state index contributed by atoms with van der Waals surface area (Å²) in [5.41, 5.74) is 0.804. The standard InChI is InChI=1S/C15H11BrN2O2/c1-20-14-8-10(16)5-6-11(14)15(19)12(9-17)13-4-2-3-7-18-13/h2-8,12H,1H3. The number of ether oxygens (including phenoxy) is 1. The lowest BCUT2D eigenvalue weighted by atomic mass is 9.95. The van der Waals surface area contributed by atoms with E-state index in [0.717, 1.165) is 4.47 Å². The van der Waals surface area contributed by atoms with Gasteiger partial charge in [0.05, 0.1) is 24.4 Å². The van der Waals surface area contributed by atoms with E-state index in [-0.39, 0.29) is 5.78 Å². The Morgan fingerprint density at radius 1 is 1.40 bits per heavy atom. The molecule has 0 amide bonds. The number of carbonyl (C=O) groups is 1. The van der Waals surface area contributed by atoms with E-state index in [2.05, 4.69) is 20.9 Å². The highest BCUT2D eigenvalue weighted by Crippen LogP contribution is 2.28. The van der Waals surface area contributed by atoms with Crippen molar-refractivity contribution in [3.8, 4) is 11.8 Å². The van der Waals surface area contributed by atoms with E-state index in [1.54, 1.807) is 42.6 Å². The van der Waals surface area contributed by atoms with Gasteiger partial charge < -0.3 is 4.74 Å². The maximum absolute atomic E-state index is 12.5. The third kappa shape index (κ3) is 2.86. The average molecular weight is 331 g/mol. The smallest absolute Gasteiger partial charge is 0.189 e. The number of halogens is 1. The van der Waals surface area contributed by atoms with E-state index in [1.165, 1.54) is 7.11 Å². The third-order valence-corrected chi connectivity index (χ3v) is 3.30. The second-order valence-corrected chi connectivity index (χ2v) is 4.94. The first-order chi connectivity index (χ1) is 9.67. The van der Waals surface area contributed by atoms with Crippen molar-refractivity contribution in [3.63, 3.8) is 0 Å². The summed E-state index contributed by atoms with van der Waals surface area (Å²) in [6.07, 6.45) is 1.56. The molecule has 0 N–H and O–H groups in total. The molecule has 1 aromatic heterocycles. The van der Waals surface area contributed by atoms with Gasteiger partial charge in [-0.05, 0) is 30.3 Å². The van der Waals surface area contributed by atoms with Crippen LogP contribution in [0.5, 0.6) is 5.75 Å². The summed E-state index contributed by atoms with van der Waals surface area (Å²) in [5, 5.41) is 9.27. The van der Waals surface area contributed by atoms with Gasteiger partial charge in [-0.2, -0.15) is 5.26 Å². The van der Waals surface area contributed by atoms with Gasteiger partial charge in [0.25, 0.3) is 0 Å². The number of rotatable bonds is 4. The Kier molecular flexibility index (Phi) is 4.49. The van der Waals surface area contributed by atoms with Crippen molar-refractivity contribution in [2.24, 2.45) is 0 Å². The summed E-state index contributed by atoms with van der Waals surface area (Å²) < 4.78 is 6.00. The number of benzene rings is 1. The Labute approximate surface area is 125 Å². The first-order valence-corrected chi connectivity index (χ1v) is 6.65. The van der Waals surface area contributed by atoms with Crippen molar-refractivity contribution in [2.75, 3.05) is 7.11 Å². The highest BCUT2D eigenvalue weighted by Gasteiger charge is 2.25. The van der Waals surface area contributed by atoms with Crippen LogP contribution >= 0.6 is 15.9 Å². The van der Waals surface area contributed by atoms with Gasteiger partial charge in [0.1, 0.15) is 5.75 Å². The fourth-order valence-corrected chi connectivity index (χ4v) is 2.17. The normalized spacial score (nSPS) is 11.4. The zero-order valence-corrected chi connectivity index (χ0v) is 12.3. The highest BCUT2D eigenvalue weighted by molar-refractivity contribution is 9.10. The van der Waals surface area contributed by atoms with Crippen LogP contribution in [0.1, 0.15) is 22.0 Å². The molecular weight excluding hydrogens is 320 g/mol. The fourth-order valence-electron chi connectivity index (χ4n) is 1.83. The predicted molar refractivity (Wildman–Crippen MR) is 77.6 cm³/mol. The zero-order valence-electron chi connectivity index (χ0n) is 10.7. The van der Waals surface area contributed by atoms with Gasteiger partial charge in [0.15, 0.2) is 11.7 Å². The molecule has 0 saturated heterocycles. The number of hydrogen-bond donors (Lipinski definition) is 0. The van der Waals surface area contributed by atoms with Crippen LogP contribution in [0.4, 0.5) is 0 Å². The molecule has 0 radical (unpaired) electrons. The van der Waals surface area contributed by atoms with Crippen LogP contribution in [0.25, 0.3) is 0 Å². The van der Waals surface area contributed by atoms with Crippen molar-refractivity contribution >= 4 is 21.7 Å². The number of Topliss-reactive ketones (excluding diaryl/α,β-unsaturated/α-hetero) is 1. The number of nitriles is 1. The van der Waals surface area contributed by atoms with E-state index < -0.39 is 5.92 Å². The maximum atomic E-state index is 12.5. The lowest BCUT2D eigenvalue weighted by Crippen LogP contribution is -2.13. The summed E-state index contributed by atoms with van der Waals surface area (Å²) >= 11 is 3.32. The van der Waals surface area contributed by atoms with E-state index in [1.807, 2.05) is 6.07 Å². The second-order valence-electron chi connectivity index (χ2n) is 4.03. The summed E-state index contributed by atoms with van der Waals surface area (Å²) in [4.78, 5) is 16.6. The zero-order chi connectivity index (χ0) is 14.5. The Balaban J connectivity index is 2.42. The van der Waals surface area contributed by atoms with E-state index in [9.17, 15) is 10.1 Å². The van der Waals surface area contributed by atoms with E-state index in [4.69, 9.17) is 4.74 Å². The summed E-state index contributed by atoms with van der Waals surface area (Å²) in [6.45, 7) is 0. The number of aromatic nitrogens is 1. The van der Waals surface area contributed by atoms with Crippen LogP contribution in [-0.4, -0.2) is 17.9 Å². The molecule has 1 heterocycles. The molecule has 0 aliphatic carbocycles. The summed E-state index contributed by atoms with van der Waals surface area (Å²) in [7, 11) is 1.49. The van der Waals surface area contributed by atoms with Crippen LogP contribution in [-0.2, 0) is 0 Å². The first kappa shape index (κ1) is 14.2. The molecule has 0 saturated carbocycles. The van der Waals surface area contributed by atoms with Crippen molar-refractivity contribution < 1.29 is 9.53 Å². The van der Waals surface area contributed by atoms with Gasteiger partial charge in [-0.3, -0.25) is 9.78 Å².